The molecular weight excluding hydrogens is 258 g/mol. The highest BCUT2D eigenvalue weighted by atomic mass is 16.1. The lowest BCUT2D eigenvalue weighted by atomic mass is 10.0. The van der Waals surface area contributed by atoms with Gasteiger partial charge in [-0.15, -0.1) is 0 Å². The molecule has 21 heavy (non-hydrogen) atoms. The summed E-state index contributed by atoms with van der Waals surface area (Å²) in [6.45, 7) is 6.31. The van der Waals surface area contributed by atoms with Crippen LogP contribution in [-0.2, 0) is 4.79 Å². The predicted molar refractivity (Wildman–Crippen MR) is 89.4 cm³/mol. The maximum absolute atomic E-state index is 11.9. The van der Waals surface area contributed by atoms with Crippen molar-refractivity contribution in [1.29, 1.82) is 0 Å². The van der Waals surface area contributed by atoms with Gasteiger partial charge in [0.15, 0.2) is 0 Å². The molecule has 0 bridgehead atoms. The van der Waals surface area contributed by atoms with Crippen molar-refractivity contribution in [2.45, 2.75) is 26.7 Å². The summed E-state index contributed by atoms with van der Waals surface area (Å²) < 4.78 is 0. The molecule has 0 heterocycles. The van der Waals surface area contributed by atoms with Gasteiger partial charge in [0.05, 0.1) is 0 Å². The molecule has 2 heteroatoms. The van der Waals surface area contributed by atoms with E-state index in [9.17, 15) is 4.79 Å². The molecule has 0 aliphatic carbocycles. The van der Waals surface area contributed by atoms with Gasteiger partial charge in [-0.3, -0.25) is 4.79 Å². The molecule has 2 aromatic carbocycles. The highest BCUT2D eigenvalue weighted by molar-refractivity contribution is 6.02. The van der Waals surface area contributed by atoms with Crippen molar-refractivity contribution in [3.8, 4) is 0 Å². The second-order valence-electron chi connectivity index (χ2n) is 5.46. The van der Waals surface area contributed by atoms with Crippen LogP contribution in [0.25, 0.3) is 6.08 Å². The van der Waals surface area contributed by atoms with Crippen LogP contribution >= 0.6 is 0 Å². The lowest BCUT2D eigenvalue weighted by Crippen LogP contribution is -2.08. The van der Waals surface area contributed by atoms with Crippen molar-refractivity contribution in [3.05, 3.63) is 71.3 Å². The number of amides is 1. The van der Waals surface area contributed by atoms with Gasteiger partial charge in [0.2, 0.25) is 5.91 Å². The van der Waals surface area contributed by atoms with Crippen LogP contribution in [-0.4, -0.2) is 5.91 Å². The standard InChI is InChI=1S/C19H21NO/c1-14(2)17-11-8-16(9-12-17)10-13-19(21)20-18-7-5-4-6-15(18)3/h4-14H,1-3H3,(H,20,21). The number of hydrogen-bond acceptors (Lipinski definition) is 1. The summed E-state index contributed by atoms with van der Waals surface area (Å²) in [6, 6.07) is 16.0. The molecule has 0 aromatic heterocycles. The molecule has 0 aliphatic heterocycles. The summed E-state index contributed by atoms with van der Waals surface area (Å²) in [6.07, 6.45) is 3.40. The number of anilines is 1. The normalized spacial score (nSPS) is 11.0. The number of para-hydroxylation sites is 1. The Hall–Kier alpha value is -2.35. The minimum atomic E-state index is -0.114. The van der Waals surface area contributed by atoms with Crippen molar-refractivity contribution in [2.75, 3.05) is 5.32 Å². The molecule has 0 radical (unpaired) electrons. The van der Waals surface area contributed by atoms with Crippen LogP contribution in [0.3, 0.4) is 0 Å². The van der Waals surface area contributed by atoms with E-state index in [4.69, 9.17) is 0 Å². The Balaban J connectivity index is 2.00. The Morgan fingerprint density at radius 3 is 2.33 bits per heavy atom. The first-order valence-corrected chi connectivity index (χ1v) is 7.21. The topological polar surface area (TPSA) is 29.1 Å². The Labute approximate surface area is 126 Å². The van der Waals surface area contributed by atoms with Gasteiger partial charge in [0.1, 0.15) is 0 Å². The maximum Gasteiger partial charge on any atom is 0.248 e. The molecule has 0 atom stereocenters. The van der Waals surface area contributed by atoms with Crippen LogP contribution in [0.1, 0.15) is 36.5 Å². The van der Waals surface area contributed by atoms with E-state index in [0.717, 1.165) is 16.8 Å². The molecule has 0 spiro atoms. The van der Waals surface area contributed by atoms with Gasteiger partial charge in [-0.1, -0.05) is 56.3 Å². The van der Waals surface area contributed by atoms with Crippen LogP contribution in [0.4, 0.5) is 5.69 Å². The second-order valence-corrected chi connectivity index (χ2v) is 5.46. The summed E-state index contributed by atoms with van der Waals surface area (Å²) in [5.74, 6) is 0.407. The first-order valence-electron chi connectivity index (χ1n) is 7.21. The third kappa shape index (κ3) is 4.32. The van der Waals surface area contributed by atoms with Crippen LogP contribution in [0.2, 0.25) is 0 Å². The minimum Gasteiger partial charge on any atom is -0.322 e. The summed E-state index contributed by atoms with van der Waals surface area (Å²) in [7, 11) is 0. The average Bonchev–Trinajstić information content (AvgIpc) is 2.48. The number of carbonyl (C=O) groups excluding carboxylic acids is 1. The van der Waals surface area contributed by atoms with Gasteiger partial charge >= 0.3 is 0 Å². The molecule has 0 fully saturated rings. The van der Waals surface area contributed by atoms with Crippen molar-refractivity contribution < 1.29 is 4.79 Å². The fourth-order valence-corrected chi connectivity index (χ4v) is 2.05. The van der Waals surface area contributed by atoms with Crippen LogP contribution in [0, 0.1) is 6.92 Å². The molecule has 1 amide bonds. The molecule has 1 N–H and O–H groups in total. The Kier molecular flexibility index (Phi) is 4.94. The summed E-state index contributed by atoms with van der Waals surface area (Å²) in [4.78, 5) is 11.9. The van der Waals surface area contributed by atoms with Crippen LogP contribution in [0.5, 0.6) is 0 Å². The highest BCUT2D eigenvalue weighted by Crippen LogP contribution is 2.16. The minimum absolute atomic E-state index is 0.114. The summed E-state index contributed by atoms with van der Waals surface area (Å²) in [5.41, 5.74) is 4.23. The van der Waals surface area contributed by atoms with Crippen molar-refractivity contribution in [1.82, 2.24) is 0 Å². The summed E-state index contributed by atoms with van der Waals surface area (Å²) >= 11 is 0. The number of aryl methyl sites for hydroxylation is 1. The zero-order valence-corrected chi connectivity index (χ0v) is 12.8. The third-order valence-electron chi connectivity index (χ3n) is 3.43. The number of benzene rings is 2. The van der Waals surface area contributed by atoms with Gasteiger partial charge in [0, 0.05) is 11.8 Å². The van der Waals surface area contributed by atoms with Gasteiger partial charge in [0.25, 0.3) is 0 Å². The SMILES string of the molecule is Cc1ccccc1NC(=O)C=Cc1ccc(C(C)C)cc1. The van der Waals surface area contributed by atoms with E-state index in [2.05, 4.69) is 31.3 Å². The van der Waals surface area contributed by atoms with E-state index in [1.807, 2.05) is 49.4 Å². The van der Waals surface area contributed by atoms with Crippen LogP contribution < -0.4 is 5.32 Å². The molecule has 0 saturated carbocycles. The Morgan fingerprint density at radius 2 is 1.71 bits per heavy atom. The average molecular weight is 279 g/mol. The molecule has 108 valence electrons. The van der Waals surface area contributed by atoms with Gasteiger partial charge < -0.3 is 5.32 Å². The van der Waals surface area contributed by atoms with E-state index in [1.165, 1.54) is 5.56 Å². The Bertz CT molecular complexity index is 639. The number of carbonyl (C=O) groups is 1. The maximum atomic E-state index is 11.9. The molecule has 0 aliphatic rings. The predicted octanol–water partition coefficient (Wildman–Crippen LogP) is 4.77. The first kappa shape index (κ1) is 15.0. The van der Waals surface area contributed by atoms with E-state index in [1.54, 1.807) is 6.08 Å². The molecule has 0 saturated heterocycles. The molecular formula is C19H21NO. The zero-order chi connectivity index (χ0) is 15.2. The van der Waals surface area contributed by atoms with E-state index in [0.29, 0.717) is 5.92 Å². The van der Waals surface area contributed by atoms with Crippen molar-refractivity contribution >= 4 is 17.7 Å². The quantitative estimate of drug-likeness (QED) is 0.802. The van der Waals surface area contributed by atoms with Crippen LogP contribution in [0.15, 0.2) is 54.6 Å². The van der Waals surface area contributed by atoms with E-state index >= 15 is 0 Å². The lowest BCUT2D eigenvalue weighted by molar-refractivity contribution is -0.111. The largest absolute Gasteiger partial charge is 0.322 e. The van der Waals surface area contributed by atoms with Gasteiger partial charge in [-0.2, -0.15) is 0 Å². The Morgan fingerprint density at radius 1 is 1.05 bits per heavy atom. The smallest absolute Gasteiger partial charge is 0.248 e. The molecule has 2 aromatic rings. The highest BCUT2D eigenvalue weighted by Gasteiger charge is 2.01. The second kappa shape index (κ2) is 6.89. The van der Waals surface area contributed by atoms with E-state index in [-0.39, 0.29) is 5.91 Å². The lowest BCUT2D eigenvalue weighted by Gasteiger charge is -2.06. The fraction of sp³-hybridized carbons (Fsp3) is 0.211. The third-order valence-corrected chi connectivity index (χ3v) is 3.43. The van der Waals surface area contributed by atoms with Crippen molar-refractivity contribution in [2.24, 2.45) is 0 Å². The van der Waals surface area contributed by atoms with Gasteiger partial charge in [-0.25, -0.2) is 0 Å². The number of hydrogen-bond donors (Lipinski definition) is 1. The van der Waals surface area contributed by atoms with E-state index < -0.39 is 0 Å². The molecule has 0 unspecified atom stereocenters. The first-order chi connectivity index (χ1) is 10.1. The summed E-state index contributed by atoms with van der Waals surface area (Å²) in [5, 5.41) is 2.88. The van der Waals surface area contributed by atoms with Gasteiger partial charge in [-0.05, 0) is 41.7 Å². The molecule has 2 nitrogen and oxygen atoms in total. The fourth-order valence-electron chi connectivity index (χ4n) is 2.05. The van der Waals surface area contributed by atoms with Crippen molar-refractivity contribution in [3.63, 3.8) is 0 Å². The number of nitrogens with one attached hydrogen (secondary N) is 1. The zero-order valence-electron chi connectivity index (χ0n) is 12.8. The number of rotatable bonds is 4. The monoisotopic (exact) mass is 279 g/mol. The molecule has 2 rings (SSSR count).